The molecule has 1 aromatic carbocycles. The minimum Gasteiger partial charge on any atom is -0.486 e. The largest absolute Gasteiger partial charge is 0.486 e. The van der Waals surface area contributed by atoms with E-state index in [-0.39, 0.29) is 17.9 Å². The summed E-state index contributed by atoms with van der Waals surface area (Å²) in [6.07, 6.45) is 6.34. The molecule has 190 valence electrons. The van der Waals surface area contributed by atoms with Crippen LogP contribution < -0.4 is 14.8 Å². The van der Waals surface area contributed by atoms with Crippen LogP contribution in [0.4, 0.5) is 0 Å². The molecule has 1 aromatic rings. The van der Waals surface area contributed by atoms with Crippen molar-refractivity contribution in [2.24, 2.45) is 5.41 Å². The molecule has 1 N–H and O–H groups in total. The first-order valence-electron chi connectivity index (χ1n) is 12.9. The van der Waals surface area contributed by atoms with Crippen molar-refractivity contribution < 1.29 is 23.8 Å². The molecule has 3 rings (SSSR count). The average Bonchev–Trinajstić information content (AvgIpc) is 3.32. The Morgan fingerprint density at radius 3 is 2.44 bits per heavy atom. The summed E-state index contributed by atoms with van der Waals surface area (Å²) in [4.78, 5) is 28.3. The third-order valence-electron chi connectivity index (χ3n) is 6.36. The first kappa shape index (κ1) is 26.3. The van der Waals surface area contributed by atoms with Crippen molar-refractivity contribution in [2.75, 3.05) is 32.8 Å². The highest BCUT2D eigenvalue weighted by Crippen LogP contribution is 2.36. The van der Waals surface area contributed by atoms with Crippen molar-refractivity contribution in [1.29, 1.82) is 0 Å². The third-order valence-corrected chi connectivity index (χ3v) is 6.36. The molecule has 34 heavy (non-hydrogen) atoms. The zero-order chi connectivity index (χ0) is 24.6. The van der Waals surface area contributed by atoms with Crippen LogP contribution in [-0.2, 0) is 14.3 Å². The van der Waals surface area contributed by atoms with Crippen LogP contribution >= 0.6 is 0 Å². The van der Waals surface area contributed by atoms with Crippen LogP contribution in [0, 0.1) is 5.41 Å². The smallest absolute Gasteiger partial charge is 0.311 e. The summed E-state index contributed by atoms with van der Waals surface area (Å²) in [7, 11) is 0. The van der Waals surface area contributed by atoms with E-state index < -0.39 is 11.5 Å². The predicted octanol–water partition coefficient (Wildman–Crippen LogP) is 4.64. The second kappa shape index (κ2) is 12.4. The molecule has 7 heteroatoms. The molecule has 1 fully saturated rings. The number of carbonyl (C=O) groups excluding carboxylic acids is 2. The van der Waals surface area contributed by atoms with Gasteiger partial charge in [0.15, 0.2) is 11.5 Å². The van der Waals surface area contributed by atoms with Gasteiger partial charge in [-0.15, -0.1) is 0 Å². The summed E-state index contributed by atoms with van der Waals surface area (Å²) in [5, 5.41) is 3.23. The van der Waals surface area contributed by atoms with Gasteiger partial charge in [0.25, 0.3) is 0 Å². The maximum Gasteiger partial charge on any atom is 0.311 e. The molecule has 1 saturated heterocycles. The van der Waals surface area contributed by atoms with E-state index in [1.165, 1.54) is 0 Å². The Morgan fingerprint density at radius 2 is 1.76 bits per heavy atom. The molecule has 0 bridgehead atoms. The first-order valence-corrected chi connectivity index (χ1v) is 12.9. The summed E-state index contributed by atoms with van der Waals surface area (Å²) >= 11 is 0. The van der Waals surface area contributed by atoms with E-state index in [0.717, 1.165) is 57.2 Å². The number of nitrogens with zero attached hydrogens (tertiary/aromatic N) is 1. The van der Waals surface area contributed by atoms with E-state index in [4.69, 9.17) is 14.2 Å². The maximum absolute atomic E-state index is 13.0. The van der Waals surface area contributed by atoms with Gasteiger partial charge >= 0.3 is 5.97 Å². The Morgan fingerprint density at radius 1 is 1.06 bits per heavy atom. The third kappa shape index (κ3) is 7.62. The summed E-state index contributed by atoms with van der Waals surface area (Å²) in [6, 6.07) is 5.31. The molecule has 2 aliphatic heterocycles. The van der Waals surface area contributed by atoms with Crippen molar-refractivity contribution in [3.63, 3.8) is 0 Å². The first-order chi connectivity index (χ1) is 16.3. The number of unbranched alkanes of at least 4 members (excludes halogenated alkanes) is 3. The molecular formula is C27H42N2O5. The quantitative estimate of drug-likeness (QED) is 0.372. The second-order valence-corrected chi connectivity index (χ2v) is 10.5. The number of carbonyl (C=O) groups is 2. The highest BCUT2D eigenvalue weighted by atomic mass is 16.6. The lowest BCUT2D eigenvalue weighted by Gasteiger charge is -2.33. The van der Waals surface area contributed by atoms with Crippen molar-refractivity contribution >= 4 is 11.9 Å². The number of hydrogen-bond acceptors (Lipinski definition) is 6. The highest BCUT2D eigenvalue weighted by molar-refractivity contribution is 5.77. The van der Waals surface area contributed by atoms with Gasteiger partial charge in [0, 0.05) is 13.0 Å². The topological polar surface area (TPSA) is 77.1 Å². The number of likely N-dealkylation sites (tertiary alicyclic amines) is 1. The van der Waals surface area contributed by atoms with Gasteiger partial charge in [0.1, 0.15) is 19.3 Å². The van der Waals surface area contributed by atoms with E-state index in [0.29, 0.717) is 37.7 Å². The number of amides is 1. The lowest BCUT2D eigenvalue weighted by atomic mass is 9.95. The van der Waals surface area contributed by atoms with Crippen molar-refractivity contribution in [1.82, 2.24) is 10.2 Å². The Hall–Kier alpha value is -2.28. The van der Waals surface area contributed by atoms with E-state index in [2.05, 4.69) is 17.1 Å². The molecule has 2 heterocycles. The molecule has 7 nitrogen and oxygen atoms in total. The summed E-state index contributed by atoms with van der Waals surface area (Å²) in [5.74, 6) is 1.05. The predicted molar refractivity (Wildman–Crippen MR) is 132 cm³/mol. The van der Waals surface area contributed by atoms with Gasteiger partial charge in [-0.25, -0.2) is 0 Å². The van der Waals surface area contributed by atoms with Crippen LogP contribution in [0.3, 0.4) is 0 Å². The number of rotatable bonds is 11. The number of esters is 1. The molecular weight excluding hydrogens is 432 g/mol. The minimum absolute atomic E-state index is 0.00894. The van der Waals surface area contributed by atoms with E-state index in [1.54, 1.807) is 0 Å². The molecule has 0 spiro atoms. The fourth-order valence-electron chi connectivity index (χ4n) is 4.36. The van der Waals surface area contributed by atoms with Gasteiger partial charge in [0.2, 0.25) is 5.91 Å². The van der Waals surface area contributed by atoms with E-state index in [1.807, 2.05) is 39.0 Å². The van der Waals surface area contributed by atoms with E-state index in [9.17, 15) is 9.59 Å². The van der Waals surface area contributed by atoms with Crippen molar-refractivity contribution in [2.45, 2.75) is 84.8 Å². The zero-order valence-corrected chi connectivity index (χ0v) is 21.4. The van der Waals surface area contributed by atoms with Gasteiger partial charge < -0.3 is 24.4 Å². The highest BCUT2D eigenvalue weighted by Gasteiger charge is 2.35. The van der Waals surface area contributed by atoms with Gasteiger partial charge in [-0.2, -0.15) is 0 Å². The van der Waals surface area contributed by atoms with Crippen LogP contribution in [0.2, 0.25) is 0 Å². The van der Waals surface area contributed by atoms with Gasteiger partial charge in [-0.05, 0) is 70.8 Å². The summed E-state index contributed by atoms with van der Waals surface area (Å²) < 4.78 is 17.6. The molecule has 2 aliphatic rings. The molecule has 1 amide bonds. The fraction of sp³-hybridized carbons (Fsp3) is 0.704. The summed E-state index contributed by atoms with van der Waals surface area (Å²) in [5.41, 5.74) is 0.145. The number of ether oxygens (including phenoxy) is 3. The SMILES string of the molecule is CCCCCCC(=O)N[C@H](CN1CCCC1)[C@H](OC(=O)C(C)(C)C)c1ccc2c(c1)OCCO2. The van der Waals surface area contributed by atoms with Crippen LogP contribution in [0.15, 0.2) is 18.2 Å². The molecule has 0 saturated carbocycles. The number of fused-ring (bicyclic) bond motifs is 1. The maximum atomic E-state index is 13.0. The Bertz CT molecular complexity index is 814. The zero-order valence-electron chi connectivity index (χ0n) is 21.4. The van der Waals surface area contributed by atoms with Crippen LogP contribution in [0.25, 0.3) is 0 Å². The molecule has 2 atom stereocenters. The van der Waals surface area contributed by atoms with Crippen molar-refractivity contribution in [3.05, 3.63) is 23.8 Å². The lowest BCUT2D eigenvalue weighted by Crippen LogP contribution is -2.48. The number of hydrogen-bond donors (Lipinski definition) is 1. The van der Waals surface area contributed by atoms with Gasteiger partial charge in [-0.1, -0.05) is 32.3 Å². The molecule has 0 radical (unpaired) electrons. The molecule has 0 unspecified atom stereocenters. The Balaban J connectivity index is 1.86. The van der Waals surface area contributed by atoms with Crippen LogP contribution in [0.5, 0.6) is 11.5 Å². The van der Waals surface area contributed by atoms with Gasteiger partial charge in [-0.3, -0.25) is 9.59 Å². The normalized spacial score (nSPS) is 17.8. The minimum atomic E-state index is -0.658. The van der Waals surface area contributed by atoms with Gasteiger partial charge in [0.05, 0.1) is 11.5 Å². The van der Waals surface area contributed by atoms with Crippen LogP contribution in [-0.4, -0.2) is 55.7 Å². The van der Waals surface area contributed by atoms with Crippen molar-refractivity contribution in [3.8, 4) is 11.5 Å². The monoisotopic (exact) mass is 474 g/mol. The Labute approximate surface area is 204 Å². The lowest BCUT2D eigenvalue weighted by molar-refractivity contribution is -0.161. The molecule has 0 aliphatic carbocycles. The number of benzene rings is 1. The average molecular weight is 475 g/mol. The number of nitrogens with one attached hydrogen (secondary N) is 1. The summed E-state index contributed by atoms with van der Waals surface area (Å²) in [6.45, 7) is 11.3. The molecule has 0 aromatic heterocycles. The van der Waals surface area contributed by atoms with Crippen LogP contribution in [0.1, 0.15) is 84.3 Å². The Kier molecular flexibility index (Phi) is 9.63. The second-order valence-electron chi connectivity index (χ2n) is 10.5. The fourth-order valence-corrected chi connectivity index (χ4v) is 4.36. The van der Waals surface area contributed by atoms with E-state index >= 15 is 0 Å². The standard InChI is InChI=1S/C27H42N2O5/c1-5-6-7-8-11-24(30)28-21(19-29-14-9-10-15-29)25(34-26(31)27(2,3)4)20-12-13-22-23(18-20)33-17-16-32-22/h12-13,18,21,25H,5-11,14-17,19H2,1-4H3,(H,28,30)/t21-,25-/m1/s1.